The highest BCUT2D eigenvalue weighted by molar-refractivity contribution is 7.23. The smallest absolute Gasteiger partial charge is 0.322 e. The van der Waals surface area contributed by atoms with Crippen molar-refractivity contribution in [2.75, 3.05) is 5.73 Å². The Morgan fingerprint density at radius 1 is 1.14 bits per heavy atom. The van der Waals surface area contributed by atoms with Gasteiger partial charge in [0.2, 0.25) is 5.91 Å². The summed E-state index contributed by atoms with van der Waals surface area (Å²) in [5.74, 6) is -0.500. The van der Waals surface area contributed by atoms with Crippen LogP contribution >= 0.6 is 11.3 Å². The highest BCUT2D eigenvalue weighted by Crippen LogP contribution is 2.49. The third-order valence-electron chi connectivity index (χ3n) is 6.59. The minimum atomic E-state index is -0.576. The fraction of sp³-hybridized carbons (Fsp3) is 0.0645. The number of ether oxygens (including phenoxy) is 1. The number of anilines is 1. The number of aryl methyl sites for hydroxylation is 1. The van der Waals surface area contributed by atoms with Gasteiger partial charge in [0.05, 0.1) is 22.9 Å². The first-order valence-corrected chi connectivity index (χ1v) is 13.7. The molecule has 4 aromatic heterocycles. The van der Waals surface area contributed by atoms with E-state index in [0.29, 0.717) is 29.0 Å². The molecule has 0 aliphatic rings. The summed E-state index contributed by atoms with van der Waals surface area (Å²) in [6, 6.07) is 14.3. The molecule has 0 spiro atoms. The number of nitrogens with zero attached hydrogens (tertiary/aromatic N) is 4. The molecule has 0 saturated carbocycles. The van der Waals surface area contributed by atoms with E-state index in [-0.39, 0.29) is 17.7 Å². The van der Waals surface area contributed by atoms with Gasteiger partial charge < -0.3 is 20.8 Å². The van der Waals surface area contributed by atoms with E-state index in [1.807, 2.05) is 24.3 Å². The van der Waals surface area contributed by atoms with Crippen molar-refractivity contribution in [3.63, 3.8) is 0 Å². The fourth-order valence-electron chi connectivity index (χ4n) is 4.54. The maximum Gasteiger partial charge on any atom is 0.322 e. The molecule has 0 atom stereocenters. The van der Waals surface area contributed by atoms with Crippen LogP contribution in [-0.2, 0) is 11.3 Å². The molecule has 0 fully saturated rings. The predicted octanol–water partition coefficient (Wildman–Crippen LogP) is 6.43. The topological polar surface area (TPSA) is 132 Å². The molecule has 1 amide bonds. The highest BCUT2D eigenvalue weighted by atomic mass is 32.1. The van der Waals surface area contributed by atoms with Crippen molar-refractivity contribution in [2.24, 2.45) is 0 Å². The highest BCUT2D eigenvalue weighted by Gasteiger charge is 2.23. The number of nitrogens with two attached hydrogens (primary N) is 1. The van der Waals surface area contributed by atoms with Crippen LogP contribution in [0, 0.1) is 12.7 Å². The van der Waals surface area contributed by atoms with Crippen LogP contribution in [0.5, 0.6) is 11.8 Å². The standard InChI is InChI=1S/C31H24FN7O2S/c1-3-25(40)36-13-18-4-6-19(7-5-18)28-26(27-29(42-28)21(14-37-30(27)33)23-15-34-16-38-23)20-8-9-24(22(32)12-20)41-31-35-11-10-17(2)39-31/h3-12,14-16H,1,13H2,2H3,(H2,33,37)(H,34,38)(H,36,40). The third kappa shape index (κ3) is 5.20. The van der Waals surface area contributed by atoms with Crippen LogP contribution in [0.4, 0.5) is 10.2 Å². The molecule has 0 bridgehead atoms. The first-order valence-electron chi connectivity index (χ1n) is 12.9. The van der Waals surface area contributed by atoms with Crippen LogP contribution in [0.2, 0.25) is 0 Å². The Morgan fingerprint density at radius 2 is 1.95 bits per heavy atom. The minimum absolute atomic E-state index is 0.000560. The maximum absolute atomic E-state index is 15.5. The molecule has 4 N–H and O–H groups in total. The molecule has 2 aromatic carbocycles. The van der Waals surface area contributed by atoms with E-state index in [4.69, 9.17) is 10.5 Å². The van der Waals surface area contributed by atoms with E-state index in [2.05, 4.69) is 36.8 Å². The molecule has 0 saturated heterocycles. The lowest BCUT2D eigenvalue weighted by atomic mass is 9.97. The number of halogens is 1. The Balaban J connectivity index is 1.48. The number of carbonyl (C=O) groups excluding carboxylic acids is 1. The second-order valence-electron chi connectivity index (χ2n) is 9.38. The molecule has 4 heterocycles. The Bertz CT molecular complexity index is 1940. The summed E-state index contributed by atoms with van der Waals surface area (Å²) in [6.45, 7) is 5.65. The molecule has 6 rings (SSSR count). The molecule has 42 heavy (non-hydrogen) atoms. The second-order valence-corrected chi connectivity index (χ2v) is 10.4. The first-order chi connectivity index (χ1) is 20.4. The van der Waals surface area contributed by atoms with Crippen molar-refractivity contribution < 1.29 is 13.9 Å². The number of carbonyl (C=O) groups is 1. The van der Waals surface area contributed by atoms with E-state index in [0.717, 1.165) is 37.5 Å². The molecule has 0 aliphatic carbocycles. The number of hydrogen-bond acceptors (Lipinski definition) is 8. The van der Waals surface area contributed by atoms with E-state index in [1.165, 1.54) is 23.5 Å². The van der Waals surface area contributed by atoms with Gasteiger partial charge in [-0.1, -0.05) is 36.9 Å². The monoisotopic (exact) mass is 577 g/mol. The maximum atomic E-state index is 15.5. The minimum Gasteiger partial charge on any atom is -0.421 e. The normalized spacial score (nSPS) is 11.0. The number of aromatic amines is 1. The van der Waals surface area contributed by atoms with Crippen molar-refractivity contribution in [1.29, 1.82) is 0 Å². The average molecular weight is 578 g/mol. The summed E-state index contributed by atoms with van der Waals surface area (Å²) in [7, 11) is 0. The number of pyridine rings is 1. The number of rotatable bonds is 8. The molecule has 0 unspecified atom stereocenters. The zero-order valence-corrected chi connectivity index (χ0v) is 23.2. The summed E-state index contributed by atoms with van der Waals surface area (Å²) < 4.78 is 22.0. The van der Waals surface area contributed by atoms with Gasteiger partial charge in [0.1, 0.15) is 5.82 Å². The molecule has 0 aliphatic heterocycles. The number of hydrogen-bond donors (Lipinski definition) is 3. The molecule has 9 nitrogen and oxygen atoms in total. The summed E-state index contributed by atoms with van der Waals surface area (Å²) in [4.78, 5) is 32.5. The lowest BCUT2D eigenvalue weighted by Crippen LogP contribution is -2.19. The fourth-order valence-corrected chi connectivity index (χ4v) is 5.91. The van der Waals surface area contributed by atoms with Crippen molar-refractivity contribution >= 4 is 33.1 Å². The van der Waals surface area contributed by atoms with Crippen molar-refractivity contribution in [2.45, 2.75) is 13.5 Å². The van der Waals surface area contributed by atoms with Crippen LogP contribution in [0.15, 0.2) is 86.1 Å². The van der Waals surface area contributed by atoms with E-state index in [9.17, 15) is 4.79 Å². The number of fused-ring (bicyclic) bond motifs is 1. The number of H-pyrrole nitrogens is 1. The lowest BCUT2D eigenvalue weighted by Gasteiger charge is -2.11. The van der Waals surface area contributed by atoms with Gasteiger partial charge in [-0.15, -0.1) is 11.3 Å². The lowest BCUT2D eigenvalue weighted by molar-refractivity contribution is -0.116. The Labute approximate surface area is 244 Å². The van der Waals surface area contributed by atoms with Gasteiger partial charge >= 0.3 is 6.01 Å². The molecular formula is C31H24FN7O2S. The van der Waals surface area contributed by atoms with Gasteiger partial charge in [0.25, 0.3) is 0 Å². The summed E-state index contributed by atoms with van der Waals surface area (Å²) >= 11 is 1.53. The van der Waals surface area contributed by atoms with Gasteiger partial charge in [-0.05, 0) is 47.9 Å². The predicted molar refractivity (Wildman–Crippen MR) is 161 cm³/mol. The van der Waals surface area contributed by atoms with Gasteiger partial charge in [0.15, 0.2) is 11.6 Å². The SMILES string of the molecule is C=CC(=O)NCc1ccc(-c2sc3c(-c4cnc[nH]4)cnc(N)c3c2-c2ccc(Oc3nccc(C)n3)c(F)c2)cc1. The molecule has 208 valence electrons. The number of thiophene rings is 1. The van der Waals surface area contributed by atoms with Crippen molar-refractivity contribution in [1.82, 2.24) is 30.2 Å². The average Bonchev–Trinajstić information content (AvgIpc) is 3.67. The van der Waals surface area contributed by atoms with Crippen LogP contribution in [0.3, 0.4) is 0 Å². The largest absolute Gasteiger partial charge is 0.421 e. The number of nitrogens with one attached hydrogen (secondary N) is 2. The van der Waals surface area contributed by atoms with Crippen LogP contribution in [0.1, 0.15) is 11.3 Å². The molecule has 11 heteroatoms. The zero-order chi connectivity index (χ0) is 29.2. The van der Waals surface area contributed by atoms with Crippen LogP contribution in [-0.4, -0.2) is 30.8 Å². The second kappa shape index (κ2) is 11.2. The summed E-state index contributed by atoms with van der Waals surface area (Å²) in [5, 5.41) is 3.49. The number of benzene rings is 2. The number of nitrogen functional groups attached to an aromatic ring is 1. The number of aromatic nitrogens is 5. The zero-order valence-electron chi connectivity index (χ0n) is 22.4. The Morgan fingerprint density at radius 3 is 2.67 bits per heavy atom. The Hall–Kier alpha value is -5.42. The first kappa shape index (κ1) is 26.8. The van der Waals surface area contributed by atoms with Gasteiger partial charge in [-0.3, -0.25) is 4.79 Å². The van der Waals surface area contributed by atoms with Gasteiger partial charge in [-0.25, -0.2) is 24.3 Å². The van der Waals surface area contributed by atoms with Crippen molar-refractivity contribution in [3.8, 4) is 44.6 Å². The quantitative estimate of drug-likeness (QED) is 0.178. The molecule has 6 aromatic rings. The number of amides is 1. The van der Waals surface area contributed by atoms with Crippen molar-refractivity contribution in [3.05, 3.63) is 103 Å². The third-order valence-corrected chi connectivity index (χ3v) is 7.87. The van der Waals surface area contributed by atoms with E-state index in [1.54, 1.807) is 50.0 Å². The van der Waals surface area contributed by atoms with Gasteiger partial charge in [0, 0.05) is 46.0 Å². The van der Waals surface area contributed by atoms with Gasteiger partial charge in [-0.2, -0.15) is 0 Å². The van der Waals surface area contributed by atoms with E-state index < -0.39 is 5.82 Å². The number of imidazole rings is 1. The summed E-state index contributed by atoms with van der Waals surface area (Å²) in [5.41, 5.74) is 12.0. The van der Waals surface area contributed by atoms with Crippen LogP contribution < -0.4 is 15.8 Å². The van der Waals surface area contributed by atoms with Crippen LogP contribution in [0.25, 0.3) is 42.9 Å². The summed E-state index contributed by atoms with van der Waals surface area (Å²) in [6.07, 6.45) is 7.82. The Kier molecular flexibility index (Phi) is 7.16. The van der Waals surface area contributed by atoms with E-state index >= 15 is 4.39 Å². The molecular weight excluding hydrogens is 553 g/mol. The molecule has 0 radical (unpaired) electrons.